The van der Waals surface area contributed by atoms with Crippen LogP contribution in [0.25, 0.3) is 0 Å². The van der Waals surface area contributed by atoms with Crippen molar-refractivity contribution in [3.8, 4) is 0 Å². The molecule has 90 valence electrons. The Labute approximate surface area is 101 Å². The molecule has 0 amide bonds. The van der Waals surface area contributed by atoms with E-state index in [9.17, 15) is 0 Å². The molecule has 1 aromatic rings. The second kappa shape index (κ2) is 4.82. The van der Waals surface area contributed by atoms with Gasteiger partial charge in [-0.15, -0.1) is 11.3 Å². The second-order valence-corrected chi connectivity index (χ2v) is 5.85. The maximum atomic E-state index is 5.69. The third-order valence-electron chi connectivity index (χ3n) is 2.72. The average molecular weight is 240 g/mol. The van der Waals surface area contributed by atoms with Gasteiger partial charge in [0.25, 0.3) is 0 Å². The summed E-state index contributed by atoms with van der Waals surface area (Å²) in [6.45, 7) is 7.85. The number of nitrogens with one attached hydrogen (secondary N) is 1. The smallest absolute Gasteiger partial charge is 0.124 e. The lowest BCUT2D eigenvalue weighted by Crippen LogP contribution is -2.21. The van der Waals surface area contributed by atoms with E-state index in [1.165, 1.54) is 17.7 Å². The minimum atomic E-state index is -0.253. The molecule has 0 saturated heterocycles. The Morgan fingerprint density at radius 1 is 1.56 bits per heavy atom. The molecule has 1 fully saturated rings. The van der Waals surface area contributed by atoms with Crippen LogP contribution in [0.2, 0.25) is 0 Å². The van der Waals surface area contributed by atoms with Crippen molar-refractivity contribution < 1.29 is 4.74 Å². The van der Waals surface area contributed by atoms with E-state index in [1.807, 2.05) is 13.1 Å². The molecule has 4 heteroatoms. The zero-order valence-corrected chi connectivity index (χ0v) is 11.1. The van der Waals surface area contributed by atoms with Gasteiger partial charge in [-0.3, -0.25) is 0 Å². The zero-order chi connectivity index (χ0) is 11.6. The SMILES string of the molecule is CCOC(C)(C)c1ncc(CNC2CC2)s1. The molecule has 1 saturated carbocycles. The molecule has 0 unspecified atom stereocenters. The number of aromatic nitrogens is 1. The molecule has 0 aromatic carbocycles. The summed E-state index contributed by atoms with van der Waals surface area (Å²) in [6, 6.07) is 0.755. The number of ether oxygens (including phenoxy) is 1. The fourth-order valence-corrected chi connectivity index (χ4v) is 2.54. The number of thiazole rings is 1. The van der Waals surface area contributed by atoms with Gasteiger partial charge in [-0.1, -0.05) is 0 Å². The van der Waals surface area contributed by atoms with Gasteiger partial charge in [0, 0.05) is 30.3 Å². The summed E-state index contributed by atoms with van der Waals surface area (Å²) in [4.78, 5) is 5.76. The van der Waals surface area contributed by atoms with E-state index in [0.29, 0.717) is 0 Å². The lowest BCUT2D eigenvalue weighted by atomic mass is 10.1. The zero-order valence-electron chi connectivity index (χ0n) is 10.2. The molecule has 16 heavy (non-hydrogen) atoms. The van der Waals surface area contributed by atoms with Crippen LogP contribution in [-0.4, -0.2) is 17.6 Å². The van der Waals surface area contributed by atoms with E-state index in [1.54, 1.807) is 11.3 Å². The lowest BCUT2D eigenvalue weighted by Gasteiger charge is -2.21. The Kier molecular flexibility index (Phi) is 3.62. The monoisotopic (exact) mass is 240 g/mol. The van der Waals surface area contributed by atoms with Crippen LogP contribution >= 0.6 is 11.3 Å². The predicted molar refractivity (Wildman–Crippen MR) is 66.6 cm³/mol. The number of hydrogen-bond donors (Lipinski definition) is 1. The van der Waals surface area contributed by atoms with Gasteiger partial charge in [-0.25, -0.2) is 4.98 Å². The predicted octanol–water partition coefficient (Wildman–Crippen LogP) is 2.67. The quantitative estimate of drug-likeness (QED) is 0.830. The molecule has 1 aromatic heterocycles. The summed E-state index contributed by atoms with van der Waals surface area (Å²) in [5.74, 6) is 0. The Morgan fingerprint density at radius 2 is 2.31 bits per heavy atom. The van der Waals surface area contributed by atoms with Crippen LogP contribution in [0.4, 0.5) is 0 Å². The van der Waals surface area contributed by atoms with Crippen molar-refractivity contribution in [2.45, 2.75) is 51.8 Å². The molecule has 2 rings (SSSR count). The van der Waals surface area contributed by atoms with Crippen LogP contribution in [0.3, 0.4) is 0 Å². The van der Waals surface area contributed by atoms with Crippen LogP contribution in [0.15, 0.2) is 6.20 Å². The topological polar surface area (TPSA) is 34.1 Å². The van der Waals surface area contributed by atoms with Crippen molar-refractivity contribution in [1.29, 1.82) is 0 Å². The van der Waals surface area contributed by atoms with E-state index in [-0.39, 0.29) is 5.60 Å². The molecule has 0 spiro atoms. The normalized spacial score (nSPS) is 16.7. The van der Waals surface area contributed by atoms with Crippen molar-refractivity contribution in [3.05, 3.63) is 16.1 Å². The third-order valence-corrected chi connectivity index (χ3v) is 4.02. The summed E-state index contributed by atoms with van der Waals surface area (Å²) in [5.41, 5.74) is -0.253. The molecule has 3 nitrogen and oxygen atoms in total. The lowest BCUT2D eigenvalue weighted by molar-refractivity contribution is -0.0141. The van der Waals surface area contributed by atoms with Crippen molar-refractivity contribution >= 4 is 11.3 Å². The third kappa shape index (κ3) is 3.03. The number of rotatable bonds is 6. The van der Waals surface area contributed by atoms with Gasteiger partial charge in [0.1, 0.15) is 10.6 Å². The molecular formula is C12H20N2OS. The van der Waals surface area contributed by atoms with E-state index in [4.69, 9.17) is 4.74 Å². The average Bonchev–Trinajstić information content (AvgIpc) is 2.92. The van der Waals surface area contributed by atoms with Gasteiger partial charge in [-0.05, 0) is 33.6 Å². The summed E-state index contributed by atoms with van der Waals surface area (Å²) in [7, 11) is 0. The van der Waals surface area contributed by atoms with E-state index in [2.05, 4.69) is 24.1 Å². The molecule has 1 N–H and O–H groups in total. The summed E-state index contributed by atoms with van der Waals surface area (Å²) >= 11 is 1.75. The van der Waals surface area contributed by atoms with Crippen molar-refractivity contribution in [2.24, 2.45) is 0 Å². The molecular weight excluding hydrogens is 220 g/mol. The van der Waals surface area contributed by atoms with Crippen LogP contribution in [0, 0.1) is 0 Å². The highest BCUT2D eigenvalue weighted by molar-refractivity contribution is 7.11. The highest BCUT2D eigenvalue weighted by Gasteiger charge is 2.25. The summed E-state index contributed by atoms with van der Waals surface area (Å²) < 4.78 is 5.69. The molecule has 0 radical (unpaired) electrons. The summed E-state index contributed by atoms with van der Waals surface area (Å²) in [5, 5.41) is 4.57. The Hall–Kier alpha value is -0.450. The molecule has 0 bridgehead atoms. The first-order valence-electron chi connectivity index (χ1n) is 5.94. The first-order chi connectivity index (χ1) is 7.62. The minimum absolute atomic E-state index is 0.253. The van der Waals surface area contributed by atoms with Crippen molar-refractivity contribution in [3.63, 3.8) is 0 Å². The van der Waals surface area contributed by atoms with E-state index in [0.717, 1.165) is 24.2 Å². The van der Waals surface area contributed by atoms with Crippen LogP contribution in [0.1, 0.15) is 43.5 Å². The maximum Gasteiger partial charge on any atom is 0.124 e. The van der Waals surface area contributed by atoms with Gasteiger partial charge in [0.05, 0.1) is 0 Å². The summed E-state index contributed by atoms with van der Waals surface area (Å²) in [6.07, 6.45) is 4.63. The minimum Gasteiger partial charge on any atom is -0.369 e. The first-order valence-corrected chi connectivity index (χ1v) is 6.76. The fraction of sp³-hybridized carbons (Fsp3) is 0.750. The van der Waals surface area contributed by atoms with Crippen molar-refractivity contribution in [1.82, 2.24) is 10.3 Å². The van der Waals surface area contributed by atoms with Crippen LogP contribution in [-0.2, 0) is 16.9 Å². The standard InChI is InChI=1S/C12H20N2OS/c1-4-15-12(2,3)11-14-8-10(16-11)7-13-9-5-6-9/h8-9,13H,4-7H2,1-3H3. The fourth-order valence-electron chi connectivity index (χ4n) is 1.62. The molecule has 1 aliphatic carbocycles. The van der Waals surface area contributed by atoms with Crippen LogP contribution < -0.4 is 5.32 Å². The van der Waals surface area contributed by atoms with Gasteiger partial charge in [0.15, 0.2) is 0 Å². The molecule has 1 heterocycles. The second-order valence-electron chi connectivity index (χ2n) is 4.73. The molecule has 1 aliphatic rings. The Morgan fingerprint density at radius 3 is 2.94 bits per heavy atom. The molecule has 0 aliphatic heterocycles. The van der Waals surface area contributed by atoms with E-state index < -0.39 is 0 Å². The van der Waals surface area contributed by atoms with Crippen LogP contribution in [0.5, 0.6) is 0 Å². The van der Waals surface area contributed by atoms with E-state index >= 15 is 0 Å². The number of hydrogen-bond acceptors (Lipinski definition) is 4. The highest BCUT2D eigenvalue weighted by atomic mass is 32.1. The first kappa shape index (κ1) is 12.0. The largest absolute Gasteiger partial charge is 0.369 e. The van der Waals surface area contributed by atoms with Crippen molar-refractivity contribution in [2.75, 3.05) is 6.61 Å². The Bertz CT molecular complexity index is 345. The molecule has 0 atom stereocenters. The van der Waals surface area contributed by atoms with Gasteiger partial charge in [0.2, 0.25) is 0 Å². The highest BCUT2D eigenvalue weighted by Crippen LogP contribution is 2.29. The maximum absolute atomic E-state index is 5.69. The Balaban J connectivity index is 1.94. The van der Waals surface area contributed by atoms with Gasteiger partial charge >= 0.3 is 0 Å². The van der Waals surface area contributed by atoms with Gasteiger partial charge < -0.3 is 10.1 Å². The van der Waals surface area contributed by atoms with Gasteiger partial charge in [-0.2, -0.15) is 0 Å². The number of nitrogens with zero attached hydrogens (tertiary/aromatic N) is 1.